The van der Waals surface area contributed by atoms with Gasteiger partial charge in [-0.3, -0.25) is 10.1 Å². The average molecular weight is 411 g/mol. The number of benzene rings is 1. The summed E-state index contributed by atoms with van der Waals surface area (Å²) < 4.78 is 27.8. The molecule has 2 atom stereocenters. The highest BCUT2D eigenvalue weighted by Crippen LogP contribution is 2.38. The molecule has 0 saturated carbocycles. The van der Waals surface area contributed by atoms with Crippen LogP contribution < -0.4 is 4.72 Å². The molecule has 1 aromatic carbocycles. The smallest absolute Gasteiger partial charge is 0.407 e. The number of para-hydroxylation sites is 1. The maximum Gasteiger partial charge on any atom is 0.407 e. The van der Waals surface area contributed by atoms with E-state index in [1.165, 1.54) is 37.3 Å². The van der Waals surface area contributed by atoms with E-state index in [4.69, 9.17) is 0 Å². The van der Waals surface area contributed by atoms with Crippen molar-refractivity contribution in [1.82, 2.24) is 9.62 Å². The van der Waals surface area contributed by atoms with Crippen LogP contribution in [0.2, 0.25) is 0 Å². The van der Waals surface area contributed by atoms with Gasteiger partial charge in [0.2, 0.25) is 10.0 Å². The molecule has 0 aliphatic heterocycles. The molecule has 0 aromatic heterocycles. The Labute approximate surface area is 162 Å². The third-order valence-corrected chi connectivity index (χ3v) is 6.10. The average Bonchev–Trinajstić information content (AvgIpc) is 2.62. The summed E-state index contributed by atoms with van der Waals surface area (Å²) in [6, 6.07) is 4.74. The van der Waals surface area contributed by atoms with Crippen LogP contribution in [0.4, 0.5) is 10.5 Å². The lowest BCUT2D eigenvalue weighted by atomic mass is 9.76. The van der Waals surface area contributed by atoms with E-state index in [2.05, 4.69) is 4.72 Å². The molecule has 0 spiro atoms. The molecule has 1 aliphatic rings. The van der Waals surface area contributed by atoms with Gasteiger partial charge >= 0.3 is 6.09 Å². The Kier molecular flexibility index (Phi) is 5.92. The Morgan fingerprint density at radius 3 is 2.46 bits per heavy atom. The number of nitro groups is 1. The number of nitrogens with zero attached hydrogens (tertiary/aromatic N) is 2. The van der Waals surface area contributed by atoms with E-state index in [9.17, 15) is 33.5 Å². The molecule has 2 rings (SSSR count). The fraction of sp³-hybridized carbons (Fsp3) is 0.353. The van der Waals surface area contributed by atoms with Crippen molar-refractivity contribution in [3.05, 3.63) is 58.7 Å². The highest BCUT2D eigenvalue weighted by atomic mass is 32.2. The summed E-state index contributed by atoms with van der Waals surface area (Å²) in [6.07, 6.45) is 4.40. The number of carboxylic acid groups (broad SMARTS) is 1. The summed E-state index contributed by atoms with van der Waals surface area (Å²) in [6.45, 7) is 3.00. The van der Waals surface area contributed by atoms with Crippen molar-refractivity contribution in [3.8, 4) is 0 Å². The molecule has 0 radical (unpaired) electrons. The van der Waals surface area contributed by atoms with Crippen LogP contribution in [0, 0.1) is 15.5 Å². The maximum atomic E-state index is 12.8. The van der Waals surface area contributed by atoms with Crippen LogP contribution in [0.5, 0.6) is 0 Å². The van der Waals surface area contributed by atoms with Crippen LogP contribution in [0.15, 0.2) is 53.5 Å². The molecule has 0 bridgehead atoms. The van der Waals surface area contributed by atoms with Gasteiger partial charge in [-0.15, -0.1) is 0 Å². The van der Waals surface area contributed by atoms with Gasteiger partial charge in [0.1, 0.15) is 0 Å². The van der Waals surface area contributed by atoms with E-state index in [1.54, 1.807) is 13.0 Å². The highest BCUT2D eigenvalue weighted by Gasteiger charge is 2.49. The Bertz CT molecular complexity index is 944. The maximum absolute atomic E-state index is 12.8. The van der Waals surface area contributed by atoms with E-state index >= 15 is 0 Å². The third kappa shape index (κ3) is 4.06. The lowest BCUT2D eigenvalue weighted by Gasteiger charge is -2.44. The third-order valence-electron chi connectivity index (χ3n) is 4.60. The van der Waals surface area contributed by atoms with Crippen molar-refractivity contribution in [1.29, 1.82) is 0 Å². The SMILES string of the molecule is CCN(CC1(C)C=CC=C[C@]1(O)NS(=O)(=O)c1ccccc1[N+](=O)[O-])C(=O)O. The van der Waals surface area contributed by atoms with E-state index in [-0.39, 0.29) is 13.1 Å². The Morgan fingerprint density at radius 2 is 1.89 bits per heavy atom. The molecule has 10 nitrogen and oxygen atoms in total. The van der Waals surface area contributed by atoms with Gasteiger partial charge in [-0.1, -0.05) is 30.4 Å². The van der Waals surface area contributed by atoms with Crippen molar-refractivity contribution in [2.24, 2.45) is 5.41 Å². The molecule has 3 N–H and O–H groups in total. The number of nitro benzene ring substituents is 1. The number of nitrogens with one attached hydrogen (secondary N) is 1. The second-order valence-corrected chi connectivity index (χ2v) is 8.18. The van der Waals surface area contributed by atoms with Crippen LogP contribution in [-0.4, -0.2) is 53.4 Å². The quantitative estimate of drug-likeness (QED) is 0.351. The van der Waals surface area contributed by atoms with Crippen LogP contribution in [0.1, 0.15) is 13.8 Å². The van der Waals surface area contributed by atoms with Crippen LogP contribution in [0.25, 0.3) is 0 Å². The van der Waals surface area contributed by atoms with Gasteiger partial charge < -0.3 is 15.1 Å². The second-order valence-electron chi connectivity index (χ2n) is 6.53. The van der Waals surface area contributed by atoms with E-state index < -0.39 is 42.8 Å². The molecule has 0 fully saturated rings. The monoisotopic (exact) mass is 411 g/mol. The lowest BCUT2D eigenvalue weighted by Crippen LogP contribution is -2.61. The number of rotatable bonds is 7. The van der Waals surface area contributed by atoms with Crippen LogP contribution in [-0.2, 0) is 10.0 Å². The minimum absolute atomic E-state index is 0.121. The number of allylic oxidation sites excluding steroid dienone is 2. The van der Waals surface area contributed by atoms with E-state index in [0.29, 0.717) is 0 Å². The normalized spacial score (nSPS) is 24.1. The zero-order chi connectivity index (χ0) is 21.2. The summed E-state index contributed by atoms with van der Waals surface area (Å²) in [5, 5.41) is 31.6. The molecule has 1 aliphatic carbocycles. The molecule has 1 aromatic rings. The van der Waals surface area contributed by atoms with Crippen LogP contribution in [0.3, 0.4) is 0 Å². The predicted molar refractivity (Wildman–Crippen MR) is 100 cm³/mol. The molecular weight excluding hydrogens is 390 g/mol. The molecule has 0 heterocycles. The minimum Gasteiger partial charge on any atom is -0.465 e. The Hall–Kier alpha value is -2.76. The standard InChI is InChI=1S/C17H21N3O7S/c1-3-19(15(21)22)12-16(2)10-6-7-11-17(16,23)18-28(26,27)14-9-5-4-8-13(14)20(24)25/h4-11,18,23H,3,12H2,1-2H3,(H,21,22)/t16?,17-/m1/s1. The second kappa shape index (κ2) is 7.70. The molecule has 28 heavy (non-hydrogen) atoms. The van der Waals surface area contributed by atoms with Crippen molar-refractivity contribution >= 4 is 21.8 Å². The lowest BCUT2D eigenvalue weighted by molar-refractivity contribution is -0.387. The Balaban J connectivity index is 2.47. The van der Waals surface area contributed by atoms with Gasteiger partial charge in [0.25, 0.3) is 5.69 Å². The summed E-state index contributed by atoms with van der Waals surface area (Å²) in [5.41, 5.74) is -4.23. The number of hydrogen-bond acceptors (Lipinski definition) is 6. The van der Waals surface area contributed by atoms with Crippen molar-refractivity contribution < 1.29 is 28.3 Å². The first-order valence-electron chi connectivity index (χ1n) is 8.30. The van der Waals surface area contributed by atoms with Gasteiger partial charge in [0.15, 0.2) is 10.6 Å². The van der Waals surface area contributed by atoms with Crippen molar-refractivity contribution in [2.75, 3.05) is 13.1 Å². The first-order chi connectivity index (χ1) is 13.0. The Morgan fingerprint density at radius 1 is 1.29 bits per heavy atom. The first-order valence-corrected chi connectivity index (χ1v) is 9.79. The summed E-state index contributed by atoms with van der Waals surface area (Å²) in [5.74, 6) is 0. The predicted octanol–water partition coefficient (Wildman–Crippen LogP) is 1.69. The summed E-state index contributed by atoms with van der Waals surface area (Å²) in [7, 11) is -4.52. The molecule has 11 heteroatoms. The number of aliphatic hydroxyl groups is 1. The summed E-state index contributed by atoms with van der Waals surface area (Å²) in [4.78, 5) is 22.1. The zero-order valence-electron chi connectivity index (χ0n) is 15.3. The number of hydrogen-bond donors (Lipinski definition) is 3. The number of carbonyl (C=O) groups is 1. The van der Waals surface area contributed by atoms with Gasteiger partial charge in [0.05, 0.1) is 10.3 Å². The fourth-order valence-corrected chi connectivity index (χ4v) is 4.41. The topological polar surface area (TPSA) is 150 Å². The molecule has 152 valence electrons. The van der Waals surface area contributed by atoms with E-state index in [0.717, 1.165) is 17.0 Å². The highest BCUT2D eigenvalue weighted by molar-refractivity contribution is 7.89. The molecule has 1 amide bonds. The van der Waals surface area contributed by atoms with Gasteiger partial charge in [-0.2, -0.15) is 4.72 Å². The molecular formula is C17H21N3O7S. The largest absolute Gasteiger partial charge is 0.465 e. The van der Waals surface area contributed by atoms with Gasteiger partial charge in [-0.25, -0.2) is 13.2 Å². The number of amides is 1. The van der Waals surface area contributed by atoms with E-state index in [1.807, 2.05) is 0 Å². The van der Waals surface area contributed by atoms with Gasteiger partial charge in [0, 0.05) is 19.2 Å². The van der Waals surface area contributed by atoms with Crippen LogP contribution >= 0.6 is 0 Å². The van der Waals surface area contributed by atoms with Gasteiger partial charge in [-0.05, 0) is 26.0 Å². The minimum atomic E-state index is -4.52. The number of sulfonamides is 1. The first kappa shape index (κ1) is 21.5. The van der Waals surface area contributed by atoms with Crippen molar-refractivity contribution in [3.63, 3.8) is 0 Å². The van der Waals surface area contributed by atoms with Crippen molar-refractivity contribution in [2.45, 2.75) is 24.5 Å². The molecule has 0 saturated heterocycles. The zero-order valence-corrected chi connectivity index (χ0v) is 16.1. The fourth-order valence-electron chi connectivity index (χ4n) is 2.91. The summed E-state index contributed by atoms with van der Waals surface area (Å²) >= 11 is 0. The molecule has 1 unspecified atom stereocenters.